The van der Waals surface area contributed by atoms with Crippen LogP contribution in [-0.4, -0.2) is 52.8 Å². The molecule has 1 aliphatic rings. The maximum atomic E-state index is 12.5. The van der Waals surface area contributed by atoms with E-state index in [1.807, 2.05) is 36.1 Å². The van der Waals surface area contributed by atoms with Crippen LogP contribution >= 0.6 is 11.3 Å². The number of nitrogens with one attached hydrogen (secondary N) is 1. The predicted molar refractivity (Wildman–Crippen MR) is 103 cm³/mol. The molecular formula is C19H24N4O2S. The summed E-state index contributed by atoms with van der Waals surface area (Å²) in [6.45, 7) is 7.63. The molecule has 0 atom stereocenters. The molecule has 6 nitrogen and oxygen atoms in total. The van der Waals surface area contributed by atoms with Crippen LogP contribution in [0.3, 0.4) is 0 Å². The van der Waals surface area contributed by atoms with Gasteiger partial charge in [0.1, 0.15) is 0 Å². The van der Waals surface area contributed by atoms with Crippen molar-refractivity contribution in [2.45, 2.75) is 26.8 Å². The number of hydrogen-bond acceptors (Lipinski definition) is 5. The van der Waals surface area contributed by atoms with Crippen LogP contribution in [0.5, 0.6) is 0 Å². The molecule has 1 fully saturated rings. The molecule has 2 amide bonds. The van der Waals surface area contributed by atoms with Crippen LogP contribution in [0.15, 0.2) is 29.6 Å². The van der Waals surface area contributed by atoms with Gasteiger partial charge < -0.3 is 10.2 Å². The highest BCUT2D eigenvalue weighted by Gasteiger charge is 2.21. The Hall–Kier alpha value is -2.25. The first-order valence-electron chi connectivity index (χ1n) is 8.77. The third kappa shape index (κ3) is 5.12. The molecule has 0 unspecified atom stereocenters. The van der Waals surface area contributed by atoms with Crippen molar-refractivity contribution >= 4 is 28.8 Å². The monoisotopic (exact) mass is 372 g/mol. The fourth-order valence-corrected chi connectivity index (χ4v) is 3.66. The number of aromatic nitrogens is 1. The highest BCUT2D eigenvalue weighted by Crippen LogP contribution is 2.14. The van der Waals surface area contributed by atoms with E-state index in [-0.39, 0.29) is 11.8 Å². The van der Waals surface area contributed by atoms with Gasteiger partial charge in [-0.1, -0.05) is 12.1 Å². The second-order valence-electron chi connectivity index (χ2n) is 6.57. The van der Waals surface area contributed by atoms with Crippen molar-refractivity contribution < 1.29 is 9.59 Å². The summed E-state index contributed by atoms with van der Waals surface area (Å²) in [6, 6.07) is 7.45. The van der Waals surface area contributed by atoms with Crippen molar-refractivity contribution in [3.63, 3.8) is 0 Å². The molecule has 0 spiro atoms. The highest BCUT2D eigenvalue weighted by atomic mass is 32.1. The van der Waals surface area contributed by atoms with Gasteiger partial charge in [0.05, 0.1) is 17.1 Å². The number of amides is 2. The standard InChI is InChI=1S/C19H24N4O2S/c1-14(24)20-17-5-3-16(4-6-17)11-19(25)23-9-7-22(8-10-23)12-18-13-26-15(2)21-18/h3-6,13H,7-12H2,1-2H3,(H,20,24). The van der Waals surface area contributed by atoms with E-state index in [4.69, 9.17) is 0 Å². The molecule has 7 heteroatoms. The van der Waals surface area contributed by atoms with E-state index in [2.05, 4.69) is 20.6 Å². The van der Waals surface area contributed by atoms with Crippen LogP contribution in [-0.2, 0) is 22.6 Å². The number of anilines is 1. The summed E-state index contributed by atoms with van der Waals surface area (Å²) in [4.78, 5) is 32.4. The lowest BCUT2D eigenvalue weighted by atomic mass is 10.1. The van der Waals surface area contributed by atoms with Crippen LogP contribution in [0, 0.1) is 6.92 Å². The van der Waals surface area contributed by atoms with Gasteiger partial charge in [0.25, 0.3) is 0 Å². The van der Waals surface area contributed by atoms with E-state index in [1.165, 1.54) is 6.92 Å². The van der Waals surface area contributed by atoms with Crippen molar-refractivity contribution in [1.29, 1.82) is 0 Å². The van der Waals surface area contributed by atoms with Gasteiger partial charge in [-0.05, 0) is 24.6 Å². The second-order valence-corrected chi connectivity index (χ2v) is 7.63. The summed E-state index contributed by atoms with van der Waals surface area (Å²) < 4.78 is 0. The van der Waals surface area contributed by atoms with Gasteiger partial charge in [0.2, 0.25) is 11.8 Å². The van der Waals surface area contributed by atoms with Gasteiger partial charge in [0.15, 0.2) is 0 Å². The molecule has 1 N–H and O–H groups in total. The van der Waals surface area contributed by atoms with E-state index in [0.29, 0.717) is 6.42 Å². The first-order valence-corrected chi connectivity index (χ1v) is 9.65. The average Bonchev–Trinajstić information content (AvgIpc) is 3.01. The van der Waals surface area contributed by atoms with Gasteiger partial charge in [-0.25, -0.2) is 4.98 Å². The molecule has 26 heavy (non-hydrogen) atoms. The lowest BCUT2D eigenvalue weighted by Gasteiger charge is -2.34. The molecule has 0 aliphatic carbocycles. The molecule has 3 rings (SSSR count). The molecular weight excluding hydrogens is 348 g/mol. The Kier molecular flexibility index (Phi) is 6.00. The maximum absolute atomic E-state index is 12.5. The molecule has 0 saturated carbocycles. The van der Waals surface area contributed by atoms with Crippen molar-refractivity contribution in [2.24, 2.45) is 0 Å². The van der Waals surface area contributed by atoms with E-state index in [9.17, 15) is 9.59 Å². The van der Waals surface area contributed by atoms with Gasteiger partial charge in [0, 0.05) is 50.7 Å². The van der Waals surface area contributed by atoms with E-state index < -0.39 is 0 Å². The minimum Gasteiger partial charge on any atom is -0.340 e. The third-order valence-corrected chi connectivity index (χ3v) is 5.23. The Morgan fingerprint density at radius 3 is 2.42 bits per heavy atom. The summed E-state index contributed by atoms with van der Waals surface area (Å²) in [6.07, 6.45) is 0.394. The SMILES string of the molecule is CC(=O)Nc1ccc(CC(=O)N2CCN(Cc3csc(C)n3)CC2)cc1. The normalized spacial score (nSPS) is 15.1. The number of carbonyl (C=O) groups is 2. The lowest BCUT2D eigenvalue weighted by Crippen LogP contribution is -2.48. The minimum absolute atomic E-state index is 0.0977. The topological polar surface area (TPSA) is 65.5 Å². The summed E-state index contributed by atoms with van der Waals surface area (Å²) in [5.74, 6) is 0.0564. The molecule has 2 aromatic rings. The Morgan fingerprint density at radius 2 is 1.85 bits per heavy atom. The third-order valence-electron chi connectivity index (χ3n) is 4.41. The quantitative estimate of drug-likeness (QED) is 0.875. The maximum Gasteiger partial charge on any atom is 0.227 e. The zero-order chi connectivity index (χ0) is 18.5. The molecule has 0 bridgehead atoms. The summed E-state index contributed by atoms with van der Waals surface area (Å²) in [7, 11) is 0. The summed E-state index contributed by atoms with van der Waals surface area (Å²) in [5, 5.41) is 5.94. The molecule has 138 valence electrons. The van der Waals surface area contributed by atoms with Gasteiger partial charge in [-0.15, -0.1) is 11.3 Å². The first kappa shape index (κ1) is 18.5. The number of benzene rings is 1. The minimum atomic E-state index is -0.0977. The number of aryl methyl sites for hydroxylation is 1. The zero-order valence-electron chi connectivity index (χ0n) is 15.2. The van der Waals surface area contributed by atoms with Crippen LogP contribution < -0.4 is 5.32 Å². The Bertz CT molecular complexity index is 764. The van der Waals surface area contributed by atoms with Crippen LogP contribution in [0.2, 0.25) is 0 Å². The van der Waals surface area contributed by atoms with E-state index in [1.54, 1.807) is 11.3 Å². The Balaban J connectivity index is 1.46. The zero-order valence-corrected chi connectivity index (χ0v) is 16.0. The summed E-state index contributed by atoms with van der Waals surface area (Å²) >= 11 is 1.68. The van der Waals surface area contributed by atoms with E-state index >= 15 is 0 Å². The summed E-state index contributed by atoms with van der Waals surface area (Å²) in [5.41, 5.74) is 2.83. The smallest absolute Gasteiger partial charge is 0.227 e. The predicted octanol–water partition coefficient (Wildman–Crippen LogP) is 2.30. The molecule has 2 heterocycles. The fourth-order valence-electron chi connectivity index (χ4n) is 3.06. The van der Waals surface area contributed by atoms with Gasteiger partial charge in [-0.2, -0.15) is 0 Å². The number of carbonyl (C=O) groups excluding carboxylic acids is 2. The van der Waals surface area contributed by atoms with Crippen LogP contribution in [0.1, 0.15) is 23.2 Å². The largest absolute Gasteiger partial charge is 0.340 e. The average molecular weight is 372 g/mol. The van der Waals surface area contributed by atoms with Crippen LogP contribution in [0.25, 0.3) is 0 Å². The van der Waals surface area contributed by atoms with Crippen molar-refractivity contribution in [3.05, 3.63) is 45.9 Å². The number of rotatable bonds is 5. The van der Waals surface area contributed by atoms with Crippen molar-refractivity contribution in [1.82, 2.24) is 14.8 Å². The molecule has 1 aromatic carbocycles. The van der Waals surface area contributed by atoms with Crippen molar-refractivity contribution in [3.8, 4) is 0 Å². The number of thiazole rings is 1. The molecule has 1 aliphatic heterocycles. The number of nitrogens with zero attached hydrogens (tertiary/aromatic N) is 3. The van der Waals surface area contributed by atoms with Gasteiger partial charge >= 0.3 is 0 Å². The Morgan fingerprint density at radius 1 is 1.15 bits per heavy atom. The highest BCUT2D eigenvalue weighted by molar-refractivity contribution is 7.09. The molecule has 1 saturated heterocycles. The van der Waals surface area contributed by atoms with E-state index in [0.717, 1.165) is 54.7 Å². The number of hydrogen-bond donors (Lipinski definition) is 1. The number of piperazine rings is 1. The van der Waals surface area contributed by atoms with Gasteiger partial charge in [-0.3, -0.25) is 14.5 Å². The first-order chi connectivity index (χ1) is 12.5. The fraction of sp³-hybridized carbons (Fsp3) is 0.421. The second kappa shape index (κ2) is 8.42. The lowest BCUT2D eigenvalue weighted by molar-refractivity contribution is -0.132. The van der Waals surface area contributed by atoms with Crippen LogP contribution in [0.4, 0.5) is 5.69 Å². The Labute approximate surface area is 157 Å². The van der Waals surface area contributed by atoms with Crippen molar-refractivity contribution in [2.75, 3.05) is 31.5 Å². The molecule has 1 aromatic heterocycles. The molecule has 0 radical (unpaired) electrons.